The van der Waals surface area contributed by atoms with E-state index in [9.17, 15) is 0 Å². The van der Waals surface area contributed by atoms with E-state index in [2.05, 4.69) is 17.1 Å². The Balaban J connectivity index is 0.000000605. The van der Waals surface area contributed by atoms with Gasteiger partial charge in [0.2, 0.25) is 0 Å². The summed E-state index contributed by atoms with van der Waals surface area (Å²) >= 11 is 0. The SMILES string of the molecule is [Cu].[Cu].c1ccc2ncccc2c1. The van der Waals surface area contributed by atoms with Crippen molar-refractivity contribution in [3.63, 3.8) is 0 Å². The molecule has 1 heterocycles. The van der Waals surface area contributed by atoms with E-state index in [-0.39, 0.29) is 34.1 Å². The Labute approximate surface area is 92.5 Å². The van der Waals surface area contributed by atoms with Crippen molar-refractivity contribution in [2.75, 3.05) is 0 Å². The minimum absolute atomic E-state index is 0. The van der Waals surface area contributed by atoms with Gasteiger partial charge < -0.3 is 0 Å². The fourth-order valence-corrected chi connectivity index (χ4v) is 1.02. The van der Waals surface area contributed by atoms with Crippen LogP contribution in [-0.2, 0) is 34.1 Å². The molecule has 0 saturated heterocycles. The van der Waals surface area contributed by atoms with Crippen LogP contribution in [0.2, 0.25) is 0 Å². The molecule has 70 valence electrons. The van der Waals surface area contributed by atoms with E-state index in [0.29, 0.717) is 0 Å². The average Bonchev–Trinajstić information content (AvgIpc) is 2.05. The minimum Gasteiger partial charge on any atom is -0.256 e. The molecule has 0 bridgehead atoms. The number of hydrogen-bond acceptors (Lipinski definition) is 1. The Morgan fingerprint density at radius 1 is 0.833 bits per heavy atom. The molecule has 0 N–H and O–H groups in total. The first-order valence-electron chi connectivity index (χ1n) is 3.26. The Kier molecular flexibility index (Phi) is 5.19. The number of benzene rings is 1. The molecular weight excluding hydrogens is 249 g/mol. The van der Waals surface area contributed by atoms with Crippen LogP contribution < -0.4 is 0 Å². The molecule has 0 aliphatic rings. The number of aromatic nitrogens is 1. The predicted molar refractivity (Wildman–Crippen MR) is 41.7 cm³/mol. The van der Waals surface area contributed by atoms with Crippen molar-refractivity contribution in [3.05, 3.63) is 42.6 Å². The second-order valence-corrected chi connectivity index (χ2v) is 2.20. The van der Waals surface area contributed by atoms with Gasteiger partial charge in [-0.15, -0.1) is 0 Å². The van der Waals surface area contributed by atoms with E-state index in [4.69, 9.17) is 0 Å². The molecule has 2 aromatic rings. The molecule has 0 spiro atoms. The number of hydrogen-bond donors (Lipinski definition) is 0. The van der Waals surface area contributed by atoms with E-state index in [1.165, 1.54) is 5.39 Å². The Morgan fingerprint density at radius 2 is 1.50 bits per heavy atom. The molecule has 3 heteroatoms. The van der Waals surface area contributed by atoms with Crippen LogP contribution in [0.1, 0.15) is 0 Å². The van der Waals surface area contributed by atoms with Gasteiger partial charge in [-0.3, -0.25) is 4.98 Å². The average molecular weight is 256 g/mol. The topological polar surface area (TPSA) is 12.9 Å². The smallest absolute Gasteiger partial charge is 0.0701 e. The van der Waals surface area contributed by atoms with Gasteiger partial charge in [0.05, 0.1) is 5.52 Å². The van der Waals surface area contributed by atoms with E-state index in [0.717, 1.165) is 5.52 Å². The summed E-state index contributed by atoms with van der Waals surface area (Å²) in [6, 6.07) is 12.1. The van der Waals surface area contributed by atoms with E-state index < -0.39 is 0 Å². The van der Waals surface area contributed by atoms with Crippen LogP contribution in [0.15, 0.2) is 42.6 Å². The molecule has 0 saturated carbocycles. The number of rotatable bonds is 0. The van der Waals surface area contributed by atoms with Gasteiger partial charge in [-0.25, -0.2) is 0 Å². The summed E-state index contributed by atoms with van der Waals surface area (Å²) in [5.74, 6) is 0. The zero-order chi connectivity index (χ0) is 6.81. The third-order valence-electron chi connectivity index (χ3n) is 1.51. The second kappa shape index (κ2) is 5.34. The molecule has 0 fully saturated rings. The van der Waals surface area contributed by atoms with Gasteiger partial charge in [0.25, 0.3) is 0 Å². The maximum Gasteiger partial charge on any atom is 0.0701 e. The van der Waals surface area contributed by atoms with Crippen molar-refractivity contribution in [3.8, 4) is 0 Å². The first-order chi connectivity index (χ1) is 4.97. The Hall–Kier alpha value is -0.331. The van der Waals surface area contributed by atoms with Crippen molar-refractivity contribution < 1.29 is 34.1 Å². The van der Waals surface area contributed by atoms with Gasteiger partial charge in [0.1, 0.15) is 0 Å². The van der Waals surface area contributed by atoms with Gasteiger partial charge >= 0.3 is 0 Å². The van der Waals surface area contributed by atoms with E-state index in [1.54, 1.807) is 0 Å². The maximum absolute atomic E-state index is 4.18. The van der Waals surface area contributed by atoms with Gasteiger partial charge in [-0.1, -0.05) is 24.3 Å². The van der Waals surface area contributed by atoms with Crippen LogP contribution in [0.4, 0.5) is 0 Å². The van der Waals surface area contributed by atoms with Crippen molar-refractivity contribution in [2.45, 2.75) is 0 Å². The molecular formula is C9H7Cu2N. The molecule has 1 aromatic heterocycles. The van der Waals surface area contributed by atoms with Gasteiger partial charge in [-0.2, -0.15) is 0 Å². The van der Waals surface area contributed by atoms with Crippen molar-refractivity contribution in [1.82, 2.24) is 4.98 Å². The molecule has 0 aliphatic heterocycles. The van der Waals surface area contributed by atoms with E-state index >= 15 is 0 Å². The molecule has 0 unspecified atom stereocenters. The van der Waals surface area contributed by atoms with Crippen LogP contribution in [0.5, 0.6) is 0 Å². The molecule has 0 atom stereocenters. The molecule has 1 aromatic carbocycles. The zero-order valence-corrected chi connectivity index (χ0v) is 7.97. The molecule has 2 radical (unpaired) electrons. The quantitative estimate of drug-likeness (QED) is 0.659. The summed E-state index contributed by atoms with van der Waals surface area (Å²) in [6.45, 7) is 0. The second-order valence-electron chi connectivity index (χ2n) is 2.20. The normalized spacial score (nSPS) is 8.33. The summed E-state index contributed by atoms with van der Waals surface area (Å²) in [5.41, 5.74) is 1.06. The first kappa shape index (κ1) is 11.7. The largest absolute Gasteiger partial charge is 0.256 e. The number of fused-ring (bicyclic) bond motifs is 1. The Bertz CT molecular complexity index is 284. The molecule has 12 heavy (non-hydrogen) atoms. The summed E-state index contributed by atoms with van der Waals surface area (Å²) in [5, 5.41) is 1.20. The Morgan fingerprint density at radius 3 is 2.25 bits per heavy atom. The minimum atomic E-state index is 0. The standard InChI is InChI=1S/C9H7N.2Cu/c1-2-6-9-8(4-1)5-3-7-10-9;;/h1-7H;;. The number of pyridine rings is 1. The fraction of sp³-hybridized carbons (Fsp3) is 0. The van der Waals surface area contributed by atoms with Crippen LogP contribution in [0.3, 0.4) is 0 Å². The van der Waals surface area contributed by atoms with Gasteiger partial charge in [-0.05, 0) is 12.1 Å². The predicted octanol–water partition coefficient (Wildman–Crippen LogP) is 2.23. The third-order valence-corrected chi connectivity index (χ3v) is 1.51. The summed E-state index contributed by atoms with van der Waals surface area (Å²) < 4.78 is 0. The number of nitrogens with zero attached hydrogens (tertiary/aromatic N) is 1. The van der Waals surface area contributed by atoms with Crippen LogP contribution in [0.25, 0.3) is 10.9 Å². The molecule has 2 rings (SSSR count). The molecule has 1 nitrogen and oxygen atoms in total. The summed E-state index contributed by atoms with van der Waals surface area (Å²) in [7, 11) is 0. The van der Waals surface area contributed by atoms with Crippen LogP contribution in [-0.4, -0.2) is 4.98 Å². The van der Waals surface area contributed by atoms with Crippen molar-refractivity contribution >= 4 is 10.9 Å². The maximum atomic E-state index is 4.18. The first-order valence-corrected chi connectivity index (χ1v) is 3.26. The van der Waals surface area contributed by atoms with Gasteiger partial charge in [0, 0.05) is 45.7 Å². The van der Waals surface area contributed by atoms with Crippen LogP contribution in [0, 0.1) is 0 Å². The van der Waals surface area contributed by atoms with Gasteiger partial charge in [0.15, 0.2) is 0 Å². The van der Waals surface area contributed by atoms with Crippen molar-refractivity contribution in [2.24, 2.45) is 0 Å². The molecule has 0 aliphatic carbocycles. The summed E-state index contributed by atoms with van der Waals surface area (Å²) in [4.78, 5) is 4.18. The number of para-hydroxylation sites is 1. The van der Waals surface area contributed by atoms with Crippen LogP contribution >= 0.6 is 0 Å². The monoisotopic (exact) mass is 255 g/mol. The molecule has 0 amide bonds. The summed E-state index contributed by atoms with van der Waals surface area (Å²) in [6.07, 6.45) is 1.81. The van der Waals surface area contributed by atoms with Crippen molar-refractivity contribution in [1.29, 1.82) is 0 Å². The fourth-order valence-electron chi connectivity index (χ4n) is 1.02. The third kappa shape index (κ3) is 2.33. The van der Waals surface area contributed by atoms with E-state index in [1.807, 2.05) is 30.5 Å². The zero-order valence-electron chi connectivity index (χ0n) is 6.09.